The summed E-state index contributed by atoms with van der Waals surface area (Å²) in [5.74, 6) is 0. The Bertz CT molecular complexity index is 389. The Morgan fingerprint density at radius 2 is 1.44 bits per heavy atom. The number of rotatable bonds is 0. The van der Waals surface area contributed by atoms with E-state index in [9.17, 15) is 13.2 Å². The summed E-state index contributed by atoms with van der Waals surface area (Å²) >= 11 is 0. The molecule has 0 amide bonds. The summed E-state index contributed by atoms with van der Waals surface area (Å²) in [7, 11) is -5.84. The largest absolute Gasteiger partial charge is 0.522 e. The number of hydrogen-bond acceptors (Lipinski definition) is 2. The van der Waals surface area contributed by atoms with Gasteiger partial charge < -0.3 is 0 Å². The molecular weight excluding hydrogens is 341 g/mol. The van der Waals surface area contributed by atoms with Gasteiger partial charge in [-0.25, -0.2) is 0 Å². The van der Waals surface area contributed by atoms with Crippen molar-refractivity contribution in [2.45, 2.75) is 12.4 Å². The summed E-state index contributed by atoms with van der Waals surface area (Å²) in [5.41, 5.74) is -4.21. The Hall–Kier alpha value is -0.340. The van der Waals surface area contributed by atoms with Crippen LogP contribution >= 0.6 is 0 Å². The number of aryl methyl sites for hydroxylation is 1. The molecule has 8 heteroatoms. The molecular formula is C8H9AgF3O3S. The molecule has 0 fully saturated rings. The molecule has 0 saturated heterocycles. The van der Waals surface area contributed by atoms with Crippen molar-refractivity contribution in [2.75, 3.05) is 0 Å². The minimum atomic E-state index is -5.84. The Morgan fingerprint density at radius 3 is 1.56 bits per heavy atom. The molecule has 1 aromatic carbocycles. The normalized spacial score (nSPS) is 10.8. The van der Waals surface area contributed by atoms with Crippen LogP contribution < -0.4 is 0 Å². The monoisotopic (exact) mass is 349 g/mol. The van der Waals surface area contributed by atoms with Gasteiger partial charge in [0.25, 0.3) is 0 Å². The molecule has 1 rings (SSSR count). The molecule has 0 aliphatic rings. The van der Waals surface area contributed by atoms with E-state index in [-0.39, 0.29) is 22.4 Å². The van der Waals surface area contributed by atoms with Crippen molar-refractivity contribution >= 4 is 10.1 Å². The molecule has 97 valence electrons. The molecule has 0 aromatic heterocycles. The number of hydrogen-bond donors (Lipinski definition) is 1. The predicted octanol–water partition coefficient (Wildman–Crippen LogP) is 2.39. The predicted molar refractivity (Wildman–Crippen MR) is 48.8 cm³/mol. The second kappa shape index (κ2) is 7.08. The van der Waals surface area contributed by atoms with Crippen LogP contribution in [0, 0.1) is 6.92 Å². The van der Waals surface area contributed by atoms with Crippen molar-refractivity contribution in [2.24, 2.45) is 0 Å². The zero-order chi connectivity index (χ0) is 12.1. The first-order valence-electron chi connectivity index (χ1n) is 3.70. The average Bonchev–Trinajstić information content (AvgIpc) is 2.02. The third-order valence-electron chi connectivity index (χ3n) is 1.23. The molecule has 1 N–H and O–H groups in total. The zero-order valence-electron chi connectivity index (χ0n) is 7.99. The van der Waals surface area contributed by atoms with E-state index < -0.39 is 15.6 Å². The summed E-state index contributed by atoms with van der Waals surface area (Å²) in [6.07, 6.45) is 0. The van der Waals surface area contributed by atoms with E-state index in [4.69, 9.17) is 13.0 Å². The third kappa shape index (κ3) is 7.89. The van der Waals surface area contributed by atoms with Gasteiger partial charge in [-0.2, -0.15) is 21.6 Å². The fraction of sp³-hybridized carbons (Fsp3) is 0.250. The topological polar surface area (TPSA) is 54.4 Å². The summed E-state index contributed by atoms with van der Waals surface area (Å²) in [4.78, 5) is 0. The van der Waals surface area contributed by atoms with Crippen LogP contribution in [-0.4, -0.2) is 18.5 Å². The van der Waals surface area contributed by atoms with E-state index in [1.165, 1.54) is 5.56 Å². The van der Waals surface area contributed by atoms with Gasteiger partial charge in [-0.3, -0.25) is 4.55 Å². The third-order valence-corrected chi connectivity index (χ3v) is 1.82. The first-order valence-corrected chi connectivity index (χ1v) is 5.14. The van der Waals surface area contributed by atoms with E-state index in [1.54, 1.807) is 0 Å². The minimum absolute atomic E-state index is 0. The van der Waals surface area contributed by atoms with Gasteiger partial charge in [0.1, 0.15) is 0 Å². The zero-order valence-corrected chi connectivity index (χ0v) is 10.3. The van der Waals surface area contributed by atoms with Crippen molar-refractivity contribution in [1.29, 1.82) is 0 Å². The van der Waals surface area contributed by atoms with Crippen LogP contribution in [0.2, 0.25) is 0 Å². The molecule has 0 spiro atoms. The molecule has 1 radical (unpaired) electrons. The molecule has 0 aliphatic carbocycles. The average molecular weight is 350 g/mol. The van der Waals surface area contributed by atoms with E-state index in [0.29, 0.717) is 0 Å². The molecule has 0 aliphatic heterocycles. The Balaban J connectivity index is 0. The van der Waals surface area contributed by atoms with Gasteiger partial charge >= 0.3 is 15.6 Å². The molecule has 16 heavy (non-hydrogen) atoms. The van der Waals surface area contributed by atoms with Crippen LogP contribution in [0.4, 0.5) is 13.2 Å². The minimum Gasteiger partial charge on any atom is -0.279 e. The van der Waals surface area contributed by atoms with Gasteiger partial charge in [0.15, 0.2) is 0 Å². The SMILES string of the molecule is Cc1ccccc1.O=S(=O)(O)C(F)(F)F.[Ag]. The molecule has 3 nitrogen and oxygen atoms in total. The fourth-order valence-corrected chi connectivity index (χ4v) is 0.534. The van der Waals surface area contributed by atoms with Crippen LogP contribution in [0.1, 0.15) is 5.56 Å². The molecule has 1 aromatic rings. The molecule has 0 bridgehead atoms. The maximum Gasteiger partial charge on any atom is 0.522 e. The fourth-order valence-electron chi connectivity index (χ4n) is 0.534. The Labute approximate surface area is 107 Å². The maximum atomic E-state index is 10.7. The Kier molecular flexibility index (Phi) is 7.98. The summed E-state index contributed by atoms with van der Waals surface area (Å²) in [6, 6.07) is 10.3. The van der Waals surface area contributed by atoms with Crippen LogP contribution in [0.3, 0.4) is 0 Å². The second-order valence-corrected chi connectivity index (χ2v) is 3.99. The molecule has 0 saturated carbocycles. The maximum absolute atomic E-state index is 10.7. The van der Waals surface area contributed by atoms with Crippen molar-refractivity contribution in [3.8, 4) is 0 Å². The number of benzene rings is 1. The standard InChI is InChI=1S/C7H8.CHF3O3S.Ag/c1-7-5-3-2-4-6-7;2-1(3,4)8(5,6)7;/h2-6H,1H3;(H,5,6,7);. The quantitative estimate of drug-likeness (QED) is 0.444. The van der Waals surface area contributed by atoms with Crippen molar-refractivity contribution < 1.29 is 48.5 Å². The number of alkyl halides is 3. The molecule has 0 atom stereocenters. The van der Waals surface area contributed by atoms with E-state index in [1.807, 2.05) is 18.2 Å². The molecule has 0 heterocycles. The van der Waals surface area contributed by atoms with Crippen LogP contribution in [0.25, 0.3) is 0 Å². The Morgan fingerprint density at radius 1 is 1.12 bits per heavy atom. The van der Waals surface area contributed by atoms with Crippen molar-refractivity contribution in [3.63, 3.8) is 0 Å². The summed E-state index contributed by atoms with van der Waals surface area (Å²) < 4.78 is 57.5. The second-order valence-electron chi connectivity index (χ2n) is 2.58. The van der Waals surface area contributed by atoms with Gasteiger partial charge in [0.05, 0.1) is 0 Å². The number of halogens is 3. The first-order chi connectivity index (χ1) is 6.64. The van der Waals surface area contributed by atoms with Gasteiger partial charge in [-0.05, 0) is 6.92 Å². The first kappa shape index (κ1) is 18.0. The van der Waals surface area contributed by atoms with E-state index in [2.05, 4.69) is 19.1 Å². The van der Waals surface area contributed by atoms with Crippen LogP contribution in [0.15, 0.2) is 30.3 Å². The van der Waals surface area contributed by atoms with E-state index >= 15 is 0 Å². The van der Waals surface area contributed by atoms with Crippen LogP contribution in [0.5, 0.6) is 0 Å². The van der Waals surface area contributed by atoms with E-state index in [0.717, 1.165) is 0 Å². The van der Waals surface area contributed by atoms with Gasteiger partial charge in [0.2, 0.25) is 0 Å². The summed E-state index contributed by atoms with van der Waals surface area (Å²) in [5, 5.41) is 0. The van der Waals surface area contributed by atoms with Crippen LogP contribution in [-0.2, 0) is 32.5 Å². The van der Waals surface area contributed by atoms with Crippen molar-refractivity contribution in [1.82, 2.24) is 0 Å². The smallest absolute Gasteiger partial charge is 0.279 e. The summed E-state index contributed by atoms with van der Waals surface area (Å²) in [6.45, 7) is 2.08. The van der Waals surface area contributed by atoms with Gasteiger partial charge in [-0.1, -0.05) is 35.9 Å². The van der Waals surface area contributed by atoms with Gasteiger partial charge in [-0.15, -0.1) is 0 Å². The van der Waals surface area contributed by atoms with Crippen molar-refractivity contribution in [3.05, 3.63) is 35.9 Å². The molecule has 0 unspecified atom stereocenters. The van der Waals surface area contributed by atoms with Gasteiger partial charge in [0, 0.05) is 22.4 Å².